The van der Waals surface area contributed by atoms with Crippen LogP contribution in [0.15, 0.2) is 33.4 Å². The van der Waals surface area contributed by atoms with Gasteiger partial charge in [-0.1, -0.05) is 74.7 Å². The summed E-state index contributed by atoms with van der Waals surface area (Å²) in [4.78, 5) is 0. The fraction of sp³-hybridized carbons (Fsp3) is 0.625. The van der Waals surface area contributed by atoms with E-state index in [9.17, 15) is 0 Å². The van der Waals surface area contributed by atoms with Crippen molar-refractivity contribution in [3.8, 4) is 0 Å². The van der Waals surface area contributed by atoms with Gasteiger partial charge in [-0.05, 0) is 35.8 Å². The summed E-state index contributed by atoms with van der Waals surface area (Å²) in [7, 11) is 0. The van der Waals surface area contributed by atoms with Crippen LogP contribution in [0.3, 0.4) is 0 Å². The lowest BCUT2D eigenvalue weighted by Crippen LogP contribution is -2.09. The Morgan fingerprint density at radius 1 is 0.941 bits per heavy atom. The SMILES string of the molecule is CC1=CC(C(C)(C)C)=C(Br)C=C(C(C)(C)C)C1. The Morgan fingerprint density at radius 3 is 1.88 bits per heavy atom. The molecule has 0 aromatic rings. The van der Waals surface area contributed by atoms with Crippen LogP contribution in [0.1, 0.15) is 54.9 Å². The Hall–Kier alpha value is -0.300. The van der Waals surface area contributed by atoms with Gasteiger partial charge in [-0.25, -0.2) is 0 Å². The number of halogens is 1. The Bertz CT molecular complexity index is 392. The molecule has 1 heteroatoms. The third kappa shape index (κ3) is 3.84. The molecule has 1 aliphatic rings. The summed E-state index contributed by atoms with van der Waals surface area (Å²) in [6, 6.07) is 0. The average Bonchev–Trinajstić information content (AvgIpc) is 2.23. The lowest BCUT2D eigenvalue weighted by Gasteiger charge is -2.23. The van der Waals surface area contributed by atoms with Crippen LogP contribution in [-0.4, -0.2) is 0 Å². The maximum atomic E-state index is 3.76. The Kier molecular flexibility index (Phi) is 4.13. The first-order valence-corrected chi connectivity index (χ1v) is 7.09. The van der Waals surface area contributed by atoms with Crippen molar-refractivity contribution in [1.82, 2.24) is 0 Å². The van der Waals surface area contributed by atoms with Crippen LogP contribution in [0, 0.1) is 10.8 Å². The zero-order valence-corrected chi connectivity index (χ0v) is 13.8. The normalized spacial score (nSPS) is 18.8. The molecular formula is C16H25Br. The zero-order chi connectivity index (χ0) is 13.4. The van der Waals surface area contributed by atoms with E-state index in [0.717, 1.165) is 6.42 Å². The average molecular weight is 297 g/mol. The molecule has 0 aromatic carbocycles. The van der Waals surface area contributed by atoms with E-state index in [1.165, 1.54) is 21.2 Å². The fourth-order valence-electron chi connectivity index (χ4n) is 2.00. The monoisotopic (exact) mass is 296 g/mol. The summed E-state index contributed by atoms with van der Waals surface area (Å²) in [6.07, 6.45) is 5.76. The maximum Gasteiger partial charge on any atom is 0.0212 e. The maximum absolute atomic E-state index is 3.76. The van der Waals surface area contributed by atoms with Crippen molar-refractivity contribution in [2.24, 2.45) is 10.8 Å². The molecule has 0 aromatic heterocycles. The molecule has 0 bridgehead atoms. The van der Waals surface area contributed by atoms with Crippen LogP contribution in [0.25, 0.3) is 0 Å². The van der Waals surface area contributed by atoms with Gasteiger partial charge in [0.05, 0.1) is 0 Å². The third-order valence-electron chi connectivity index (χ3n) is 3.19. The van der Waals surface area contributed by atoms with Gasteiger partial charge >= 0.3 is 0 Å². The molecule has 0 aliphatic heterocycles. The first kappa shape index (κ1) is 14.8. The molecule has 0 spiro atoms. The Morgan fingerprint density at radius 2 is 1.47 bits per heavy atom. The molecule has 0 amide bonds. The molecule has 0 saturated heterocycles. The van der Waals surface area contributed by atoms with Gasteiger partial charge in [-0.3, -0.25) is 0 Å². The van der Waals surface area contributed by atoms with Crippen molar-refractivity contribution >= 4 is 15.9 Å². The molecule has 0 N–H and O–H groups in total. The number of rotatable bonds is 0. The molecule has 0 fully saturated rings. The van der Waals surface area contributed by atoms with Gasteiger partial charge in [-0.2, -0.15) is 0 Å². The quantitative estimate of drug-likeness (QED) is 0.514. The molecule has 0 unspecified atom stereocenters. The standard InChI is InChI=1S/C16H25Br/c1-11-8-12(15(2,3)4)10-14(17)13(9-11)16(5,6)7/h9-10H,8H2,1-7H3. The van der Waals surface area contributed by atoms with Crippen LogP contribution in [0.4, 0.5) is 0 Å². The third-order valence-corrected chi connectivity index (χ3v) is 3.85. The van der Waals surface area contributed by atoms with Crippen molar-refractivity contribution in [3.05, 3.63) is 33.4 Å². The van der Waals surface area contributed by atoms with Crippen molar-refractivity contribution in [2.45, 2.75) is 54.9 Å². The number of hydrogen-bond acceptors (Lipinski definition) is 0. The predicted molar refractivity (Wildman–Crippen MR) is 81.3 cm³/mol. The summed E-state index contributed by atoms with van der Waals surface area (Å²) < 4.78 is 1.24. The van der Waals surface area contributed by atoms with Gasteiger partial charge in [0.1, 0.15) is 0 Å². The second-order valence-electron chi connectivity index (χ2n) is 7.10. The van der Waals surface area contributed by atoms with Gasteiger partial charge in [0.25, 0.3) is 0 Å². The molecule has 0 saturated carbocycles. The largest absolute Gasteiger partial charge is 0.0689 e. The minimum Gasteiger partial charge on any atom is -0.0689 e. The minimum atomic E-state index is 0.184. The first-order chi connectivity index (χ1) is 7.51. The van der Waals surface area contributed by atoms with Crippen LogP contribution in [0.5, 0.6) is 0 Å². The predicted octanol–water partition coefficient (Wildman–Crippen LogP) is 6.00. The van der Waals surface area contributed by atoms with E-state index < -0.39 is 0 Å². The van der Waals surface area contributed by atoms with Crippen molar-refractivity contribution < 1.29 is 0 Å². The summed E-state index contributed by atoms with van der Waals surface area (Å²) >= 11 is 3.76. The van der Waals surface area contributed by atoms with E-state index in [1.54, 1.807) is 0 Å². The van der Waals surface area contributed by atoms with E-state index in [2.05, 4.69) is 76.5 Å². The number of allylic oxidation sites excluding steroid dienone is 6. The van der Waals surface area contributed by atoms with Gasteiger partial charge in [0.2, 0.25) is 0 Å². The van der Waals surface area contributed by atoms with Gasteiger partial charge in [0.15, 0.2) is 0 Å². The van der Waals surface area contributed by atoms with Crippen LogP contribution < -0.4 is 0 Å². The second-order valence-corrected chi connectivity index (χ2v) is 7.95. The van der Waals surface area contributed by atoms with E-state index >= 15 is 0 Å². The molecule has 0 heterocycles. The highest BCUT2D eigenvalue weighted by Crippen LogP contribution is 2.40. The van der Waals surface area contributed by atoms with E-state index in [1.807, 2.05) is 0 Å². The minimum absolute atomic E-state index is 0.184. The van der Waals surface area contributed by atoms with Crippen molar-refractivity contribution in [1.29, 1.82) is 0 Å². The molecule has 0 nitrogen and oxygen atoms in total. The summed E-state index contributed by atoms with van der Waals surface area (Å²) in [5.41, 5.74) is 4.77. The molecule has 0 atom stereocenters. The lowest BCUT2D eigenvalue weighted by molar-refractivity contribution is 0.491. The van der Waals surface area contributed by atoms with E-state index in [-0.39, 0.29) is 10.8 Å². The highest BCUT2D eigenvalue weighted by molar-refractivity contribution is 9.11. The second kappa shape index (κ2) is 4.76. The number of hydrogen-bond donors (Lipinski definition) is 0. The summed E-state index contributed by atoms with van der Waals surface area (Å²) in [6.45, 7) is 15.9. The molecule has 1 rings (SSSR count). The first-order valence-electron chi connectivity index (χ1n) is 6.30. The van der Waals surface area contributed by atoms with Gasteiger partial charge in [0, 0.05) is 4.48 Å². The van der Waals surface area contributed by atoms with Crippen LogP contribution in [-0.2, 0) is 0 Å². The topological polar surface area (TPSA) is 0 Å². The summed E-state index contributed by atoms with van der Waals surface area (Å²) in [5.74, 6) is 0. The molecule has 96 valence electrons. The van der Waals surface area contributed by atoms with Crippen molar-refractivity contribution in [3.63, 3.8) is 0 Å². The van der Waals surface area contributed by atoms with Crippen LogP contribution in [0.2, 0.25) is 0 Å². The summed E-state index contributed by atoms with van der Waals surface area (Å²) in [5, 5.41) is 0. The zero-order valence-electron chi connectivity index (χ0n) is 12.2. The molecule has 0 radical (unpaired) electrons. The molecular weight excluding hydrogens is 272 g/mol. The van der Waals surface area contributed by atoms with Crippen LogP contribution >= 0.6 is 15.9 Å². The highest BCUT2D eigenvalue weighted by atomic mass is 79.9. The molecule has 1 aliphatic carbocycles. The highest BCUT2D eigenvalue weighted by Gasteiger charge is 2.24. The fourth-order valence-corrected chi connectivity index (χ4v) is 2.99. The van der Waals surface area contributed by atoms with E-state index in [0.29, 0.717) is 0 Å². The Balaban J connectivity index is 3.33. The van der Waals surface area contributed by atoms with E-state index in [4.69, 9.17) is 0 Å². The smallest absolute Gasteiger partial charge is 0.0212 e. The van der Waals surface area contributed by atoms with Gasteiger partial charge < -0.3 is 0 Å². The van der Waals surface area contributed by atoms with Crippen molar-refractivity contribution in [2.75, 3.05) is 0 Å². The lowest BCUT2D eigenvalue weighted by atomic mass is 9.83. The Labute approximate surface area is 115 Å². The molecule has 17 heavy (non-hydrogen) atoms. The van der Waals surface area contributed by atoms with Gasteiger partial charge in [-0.15, -0.1) is 0 Å².